The summed E-state index contributed by atoms with van der Waals surface area (Å²) in [6, 6.07) is 10.3. The van der Waals surface area contributed by atoms with Gasteiger partial charge in [-0.2, -0.15) is 0 Å². The highest BCUT2D eigenvalue weighted by Gasteiger charge is 2.56. The van der Waals surface area contributed by atoms with E-state index in [4.69, 9.17) is 18.9 Å². The van der Waals surface area contributed by atoms with Gasteiger partial charge in [-0.1, -0.05) is 6.07 Å². The predicted molar refractivity (Wildman–Crippen MR) is 135 cm³/mol. The van der Waals surface area contributed by atoms with Crippen LogP contribution >= 0.6 is 15.9 Å². The lowest BCUT2D eigenvalue weighted by Crippen LogP contribution is -2.38. The van der Waals surface area contributed by atoms with Crippen LogP contribution in [0.25, 0.3) is 21.9 Å². The van der Waals surface area contributed by atoms with Gasteiger partial charge in [-0.05, 0) is 54.0 Å². The van der Waals surface area contributed by atoms with E-state index in [9.17, 15) is 0 Å². The van der Waals surface area contributed by atoms with Crippen molar-refractivity contribution in [3.63, 3.8) is 0 Å². The quantitative estimate of drug-likeness (QED) is 0.371. The van der Waals surface area contributed by atoms with Crippen molar-refractivity contribution in [2.45, 2.75) is 44.2 Å². The van der Waals surface area contributed by atoms with Crippen LogP contribution in [0.1, 0.15) is 20.1 Å². The summed E-state index contributed by atoms with van der Waals surface area (Å²) in [6.45, 7) is 4.50. The Kier molecular flexibility index (Phi) is 5.44. The van der Waals surface area contributed by atoms with E-state index in [1.54, 1.807) is 7.11 Å². The van der Waals surface area contributed by atoms with Gasteiger partial charge in [0.2, 0.25) is 5.88 Å². The topological polar surface area (TPSA) is 83.8 Å². The molecule has 5 heterocycles. The summed E-state index contributed by atoms with van der Waals surface area (Å²) in [5.74, 6) is -0.176. The smallest absolute Gasteiger partial charge is 0.225 e. The summed E-state index contributed by atoms with van der Waals surface area (Å²) in [6.07, 6.45) is 4.13. The Bertz CT molecular complexity index is 1410. The van der Waals surface area contributed by atoms with E-state index in [2.05, 4.69) is 67.1 Å². The third-order valence-electron chi connectivity index (χ3n) is 6.59. The normalized spacial score (nSPS) is 25.3. The average Bonchev–Trinajstić information content (AvgIpc) is 3.49. The molecule has 182 valence electrons. The first kappa shape index (κ1) is 22.7. The molecular formula is C25H26BrN5O4. The van der Waals surface area contributed by atoms with Crippen LogP contribution in [0, 0.1) is 0 Å². The van der Waals surface area contributed by atoms with E-state index >= 15 is 0 Å². The number of pyridine rings is 1. The first-order valence-corrected chi connectivity index (χ1v) is 12.3. The summed E-state index contributed by atoms with van der Waals surface area (Å²) in [5.41, 5.74) is 2.72. The Morgan fingerprint density at radius 3 is 2.77 bits per heavy atom. The van der Waals surface area contributed by atoms with Gasteiger partial charge in [0.15, 0.2) is 12.0 Å². The summed E-state index contributed by atoms with van der Waals surface area (Å²) in [4.78, 5) is 15.4. The molecule has 0 saturated carbocycles. The molecule has 0 radical (unpaired) electrons. The summed E-state index contributed by atoms with van der Waals surface area (Å²) >= 11 is 3.49. The van der Waals surface area contributed by atoms with E-state index in [0.29, 0.717) is 12.4 Å². The summed E-state index contributed by atoms with van der Waals surface area (Å²) in [7, 11) is 3.65. The fraction of sp³-hybridized carbons (Fsp3) is 0.400. The Labute approximate surface area is 211 Å². The second-order valence-corrected chi connectivity index (χ2v) is 10.3. The highest BCUT2D eigenvalue weighted by Crippen LogP contribution is 2.44. The van der Waals surface area contributed by atoms with Crippen molar-refractivity contribution < 1.29 is 18.9 Å². The monoisotopic (exact) mass is 539 g/mol. The van der Waals surface area contributed by atoms with E-state index < -0.39 is 12.0 Å². The van der Waals surface area contributed by atoms with Gasteiger partial charge < -0.3 is 28.4 Å². The SMILES string of the molecule is COc1ncnc2c1ccn2C1O[C@H](CN(C)c2ccc3cc(Br)cnc3c2)[C@H]2OC(C)(C)O[C@@H]12. The standard InChI is InChI=1S/C25H26BrN5O4/c1-25(2)34-20-19(12-30(3)16-6-5-14-9-15(26)11-27-18(14)10-16)33-24(21(20)35-25)31-8-7-17-22(31)28-13-29-23(17)32-4/h5-11,13,19-21,24H,12H2,1-4H3/t19-,20-,21-,24?/m1/s1. The maximum Gasteiger partial charge on any atom is 0.225 e. The van der Waals surface area contributed by atoms with Crippen LogP contribution in [0.15, 0.2) is 53.5 Å². The molecule has 9 nitrogen and oxygen atoms in total. The lowest BCUT2D eigenvalue weighted by molar-refractivity contribution is -0.195. The van der Waals surface area contributed by atoms with Crippen LogP contribution in [-0.4, -0.2) is 64.3 Å². The third kappa shape index (κ3) is 3.94. The molecule has 0 spiro atoms. The second kappa shape index (κ2) is 8.41. The van der Waals surface area contributed by atoms with Crippen LogP contribution in [-0.2, 0) is 14.2 Å². The molecule has 0 bridgehead atoms. The minimum Gasteiger partial charge on any atom is -0.480 e. The first-order chi connectivity index (χ1) is 16.8. The van der Waals surface area contributed by atoms with Crippen molar-refractivity contribution in [2.75, 3.05) is 25.6 Å². The minimum absolute atomic E-state index is 0.216. The van der Waals surface area contributed by atoms with Crippen molar-refractivity contribution in [1.29, 1.82) is 0 Å². The molecule has 0 amide bonds. The molecule has 2 saturated heterocycles. The average molecular weight is 540 g/mol. The molecule has 1 aromatic carbocycles. The van der Waals surface area contributed by atoms with Crippen molar-refractivity contribution in [2.24, 2.45) is 0 Å². The molecule has 10 heteroatoms. The molecule has 4 atom stereocenters. The van der Waals surface area contributed by atoms with Crippen LogP contribution < -0.4 is 9.64 Å². The van der Waals surface area contributed by atoms with Crippen LogP contribution in [0.5, 0.6) is 5.88 Å². The third-order valence-corrected chi connectivity index (χ3v) is 7.03. The van der Waals surface area contributed by atoms with Crippen LogP contribution in [0.2, 0.25) is 0 Å². The number of hydrogen-bond donors (Lipinski definition) is 0. The Morgan fingerprint density at radius 1 is 1.11 bits per heavy atom. The van der Waals surface area contributed by atoms with Gasteiger partial charge in [0.05, 0.1) is 18.0 Å². The molecule has 6 rings (SSSR count). The summed E-state index contributed by atoms with van der Waals surface area (Å²) < 4.78 is 27.6. The Hall–Kier alpha value is -2.79. The first-order valence-electron chi connectivity index (χ1n) is 11.5. The van der Waals surface area contributed by atoms with Gasteiger partial charge in [0.1, 0.15) is 30.3 Å². The minimum atomic E-state index is -0.704. The molecule has 35 heavy (non-hydrogen) atoms. The number of rotatable bonds is 5. The van der Waals surface area contributed by atoms with Gasteiger partial charge in [0.25, 0.3) is 0 Å². The van der Waals surface area contributed by atoms with Gasteiger partial charge in [0, 0.05) is 41.5 Å². The molecule has 4 aromatic rings. The fourth-order valence-corrected chi connectivity index (χ4v) is 5.39. The van der Waals surface area contributed by atoms with Gasteiger partial charge in [-0.3, -0.25) is 4.98 Å². The highest BCUT2D eigenvalue weighted by molar-refractivity contribution is 9.10. The van der Waals surface area contributed by atoms with Gasteiger partial charge in [-0.25, -0.2) is 9.97 Å². The zero-order chi connectivity index (χ0) is 24.3. The number of likely N-dealkylation sites (N-methyl/N-ethyl adjacent to an activating group) is 1. The summed E-state index contributed by atoms with van der Waals surface area (Å²) in [5, 5.41) is 1.91. The number of aromatic nitrogens is 4. The van der Waals surface area contributed by atoms with E-state index in [-0.39, 0.29) is 18.3 Å². The van der Waals surface area contributed by atoms with Gasteiger partial charge in [-0.15, -0.1) is 0 Å². The number of anilines is 1. The number of nitrogens with zero attached hydrogens (tertiary/aromatic N) is 5. The lowest BCUT2D eigenvalue weighted by Gasteiger charge is -2.28. The Balaban J connectivity index is 1.30. The van der Waals surface area contributed by atoms with Crippen molar-refractivity contribution in [3.05, 3.63) is 53.5 Å². The second-order valence-electron chi connectivity index (χ2n) is 9.38. The van der Waals surface area contributed by atoms with Gasteiger partial charge >= 0.3 is 0 Å². The fourth-order valence-electron chi connectivity index (χ4n) is 5.04. The molecule has 3 aromatic heterocycles. The zero-order valence-corrected chi connectivity index (χ0v) is 21.5. The molecule has 0 N–H and O–H groups in total. The van der Waals surface area contributed by atoms with E-state index in [1.807, 2.05) is 36.9 Å². The molecule has 2 aliphatic heterocycles. The van der Waals surface area contributed by atoms with Crippen molar-refractivity contribution in [1.82, 2.24) is 19.5 Å². The number of halogens is 1. The van der Waals surface area contributed by atoms with E-state index in [0.717, 1.165) is 32.1 Å². The van der Waals surface area contributed by atoms with Crippen molar-refractivity contribution in [3.8, 4) is 5.88 Å². The molecule has 1 unspecified atom stereocenters. The number of hydrogen-bond acceptors (Lipinski definition) is 8. The Morgan fingerprint density at radius 2 is 1.94 bits per heavy atom. The molecular weight excluding hydrogens is 514 g/mol. The maximum absolute atomic E-state index is 6.59. The maximum atomic E-state index is 6.59. The van der Waals surface area contributed by atoms with E-state index in [1.165, 1.54) is 6.33 Å². The van der Waals surface area contributed by atoms with Crippen LogP contribution in [0.3, 0.4) is 0 Å². The number of fused-ring (bicyclic) bond motifs is 3. The molecule has 2 fully saturated rings. The number of ether oxygens (including phenoxy) is 4. The predicted octanol–water partition coefficient (Wildman–Crippen LogP) is 4.30. The van der Waals surface area contributed by atoms with Crippen LogP contribution in [0.4, 0.5) is 5.69 Å². The lowest BCUT2D eigenvalue weighted by atomic mass is 10.1. The molecule has 0 aliphatic carbocycles. The number of benzene rings is 1. The highest BCUT2D eigenvalue weighted by atomic mass is 79.9. The largest absolute Gasteiger partial charge is 0.480 e. The molecule has 2 aliphatic rings. The van der Waals surface area contributed by atoms with Crippen molar-refractivity contribution >= 4 is 43.6 Å². The number of methoxy groups -OCH3 is 1. The zero-order valence-electron chi connectivity index (χ0n) is 19.9.